The van der Waals surface area contributed by atoms with Crippen LogP contribution in [0.3, 0.4) is 0 Å². The Bertz CT molecular complexity index is 191. The van der Waals surface area contributed by atoms with E-state index in [1.807, 2.05) is 0 Å². The standard InChI is InChI=1S/C12H23NO/c1-3-12(2)8-11(6-7-14-12)13-9-10-4-5-10/h10-11,13H,3-9H2,1-2H3. The van der Waals surface area contributed by atoms with Crippen molar-refractivity contribution in [1.82, 2.24) is 5.32 Å². The Hall–Kier alpha value is -0.0800. The molecule has 0 aromatic heterocycles. The van der Waals surface area contributed by atoms with Crippen molar-refractivity contribution < 1.29 is 4.74 Å². The van der Waals surface area contributed by atoms with Crippen molar-refractivity contribution in [2.75, 3.05) is 13.2 Å². The lowest BCUT2D eigenvalue weighted by Crippen LogP contribution is -2.45. The van der Waals surface area contributed by atoms with E-state index >= 15 is 0 Å². The van der Waals surface area contributed by atoms with Crippen LogP contribution in [0.2, 0.25) is 0 Å². The quantitative estimate of drug-likeness (QED) is 0.747. The molecule has 2 nitrogen and oxygen atoms in total. The topological polar surface area (TPSA) is 21.3 Å². The normalized spacial score (nSPS) is 38.6. The maximum atomic E-state index is 5.83. The van der Waals surface area contributed by atoms with Gasteiger partial charge in [0.25, 0.3) is 0 Å². The molecule has 2 fully saturated rings. The summed E-state index contributed by atoms with van der Waals surface area (Å²) in [5.41, 5.74) is 0.138. The zero-order chi connectivity index (χ0) is 10.0. The highest BCUT2D eigenvalue weighted by atomic mass is 16.5. The molecule has 0 spiro atoms. The molecule has 82 valence electrons. The van der Waals surface area contributed by atoms with Gasteiger partial charge in [-0.05, 0) is 51.5 Å². The molecule has 2 heteroatoms. The summed E-state index contributed by atoms with van der Waals surface area (Å²) in [6, 6.07) is 0.703. The molecule has 14 heavy (non-hydrogen) atoms. The highest BCUT2D eigenvalue weighted by Gasteiger charge is 2.32. The molecule has 1 N–H and O–H groups in total. The Morgan fingerprint density at radius 2 is 2.14 bits per heavy atom. The molecule has 0 bridgehead atoms. The Morgan fingerprint density at radius 1 is 1.36 bits per heavy atom. The molecule has 0 amide bonds. The van der Waals surface area contributed by atoms with E-state index in [1.165, 1.54) is 32.2 Å². The molecule has 1 saturated heterocycles. The third-order valence-corrected chi connectivity index (χ3v) is 3.74. The number of rotatable bonds is 4. The smallest absolute Gasteiger partial charge is 0.0666 e. The van der Waals surface area contributed by atoms with Gasteiger partial charge in [-0.1, -0.05) is 6.92 Å². The van der Waals surface area contributed by atoms with Crippen molar-refractivity contribution in [3.05, 3.63) is 0 Å². The maximum Gasteiger partial charge on any atom is 0.0666 e. The maximum absolute atomic E-state index is 5.83. The van der Waals surface area contributed by atoms with E-state index in [0.717, 1.165) is 18.9 Å². The van der Waals surface area contributed by atoms with Gasteiger partial charge in [0.15, 0.2) is 0 Å². The second-order valence-corrected chi connectivity index (χ2v) is 5.19. The van der Waals surface area contributed by atoms with Crippen molar-refractivity contribution in [3.8, 4) is 0 Å². The van der Waals surface area contributed by atoms with Crippen LogP contribution in [0.15, 0.2) is 0 Å². The highest BCUT2D eigenvalue weighted by molar-refractivity contribution is 4.87. The van der Waals surface area contributed by atoms with Crippen molar-refractivity contribution in [2.24, 2.45) is 5.92 Å². The summed E-state index contributed by atoms with van der Waals surface area (Å²) < 4.78 is 5.83. The summed E-state index contributed by atoms with van der Waals surface area (Å²) in [6.07, 6.45) is 6.41. The van der Waals surface area contributed by atoms with Gasteiger partial charge in [-0.25, -0.2) is 0 Å². The molecule has 2 aliphatic rings. The average molecular weight is 197 g/mol. The Balaban J connectivity index is 1.74. The van der Waals surface area contributed by atoms with E-state index in [9.17, 15) is 0 Å². The third-order valence-electron chi connectivity index (χ3n) is 3.74. The Kier molecular flexibility index (Phi) is 3.13. The Labute approximate surface area is 87.4 Å². The molecule has 2 rings (SSSR count). The van der Waals surface area contributed by atoms with Crippen LogP contribution in [0.25, 0.3) is 0 Å². The van der Waals surface area contributed by atoms with E-state index in [0.29, 0.717) is 6.04 Å². The van der Waals surface area contributed by atoms with Crippen LogP contribution in [-0.2, 0) is 4.74 Å². The summed E-state index contributed by atoms with van der Waals surface area (Å²) >= 11 is 0. The van der Waals surface area contributed by atoms with E-state index < -0.39 is 0 Å². The van der Waals surface area contributed by atoms with Gasteiger partial charge in [0.05, 0.1) is 5.60 Å². The van der Waals surface area contributed by atoms with Crippen LogP contribution in [0.4, 0.5) is 0 Å². The lowest BCUT2D eigenvalue weighted by atomic mass is 9.90. The zero-order valence-corrected chi connectivity index (χ0v) is 9.51. The molecular weight excluding hydrogens is 174 g/mol. The van der Waals surface area contributed by atoms with Crippen molar-refractivity contribution in [1.29, 1.82) is 0 Å². The van der Waals surface area contributed by atoms with Gasteiger partial charge >= 0.3 is 0 Å². The Morgan fingerprint density at radius 3 is 2.79 bits per heavy atom. The average Bonchev–Trinajstić information content (AvgIpc) is 2.99. The molecule has 0 radical (unpaired) electrons. The van der Waals surface area contributed by atoms with Crippen molar-refractivity contribution >= 4 is 0 Å². The minimum atomic E-state index is 0.138. The van der Waals surface area contributed by atoms with Gasteiger partial charge in [0.1, 0.15) is 0 Å². The minimum Gasteiger partial charge on any atom is -0.375 e. The first-order chi connectivity index (χ1) is 6.72. The van der Waals surface area contributed by atoms with Crippen LogP contribution >= 0.6 is 0 Å². The first-order valence-electron chi connectivity index (χ1n) is 6.09. The fourth-order valence-corrected chi connectivity index (χ4v) is 2.21. The highest BCUT2D eigenvalue weighted by Crippen LogP contribution is 2.30. The molecular formula is C12H23NO. The lowest BCUT2D eigenvalue weighted by Gasteiger charge is -2.38. The van der Waals surface area contributed by atoms with Gasteiger partial charge in [-0.15, -0.1) is 0 Å². The van der Waals surface area contributed by atoms with Crippen molar-refractivity contribution in [2.45, 2.75) is 57.6 Å². The van der Waals surface area contributed by atoms with E-state index in [-0.39, 0.29) is 5.60 Å². The summed E-state index contributed by atoms with van der Waals surface area (Å²) in [6.45, 7) is 6.65. The van der Waals surface area contributed by atoms with E-state index in [4.69, 9.17) is 4.74 Å². The summed E-state index contributed by atoms with van der Waals surface area (Å²) in [5, 5.41) is 3.69. The minimum absolute atomic E-state index is 0.138. The zero-order valence-electron chi connectivity index (χ0n) is 9.51. The fraction of sp³-hybridized carbons (Fsp3) is 1.00. The monoisotopic (exact) mass is 197 g/mol. The van der Waals surface area contributed by atoms with Crippen LogP contribution in [0.1, 0.15) is 46.0 Å². The predicted molar refractivity (Wildman–Crippen MR) is 58.4 cm³/mol. The van der Waals surface area contributed by atoms with E-state index in [2.05, 4.69) is 19.2 Å². The van der Waals surface area contributed by atoms with Crippen LogP contribution in [0, 0.1) is 5.92 Å². The fourth-order valence-electron chi connectivity index (χ4n) is 2.21. The molecule has 0 aromatic rings. The van der Waals surface area contributed by atoms with Gasteiger partial charge in [-0.2, -0.15) is 0 Å². The molecule has 2 atom stereocenters. The predicted octanol–water partition coefficient (Wildman–Crippen LogP) is 2.33. The van der Waals surface area contributed by atoms with Crippen LogP contribution in [-0.4, -0.2) is 24.8 Å². The van der Waals surface area contributed by atoms with Crippen LogP contribution < -0.4 is 5.32 Å². The molecule has 0 aromatic carbocycles. The number of hydrogen-bond donors (Lipinski definition) is 1. The second-order valence-electron chi connectivity index (χ2n) is 5.19. The number of nitrogens with one attached hydrogen (secondary N) is 1. The van der Waals surface area contributed by atoms with Gasteiger partial charge in [0, 0.05) is 12.6 Å². The lowest BCUT2D eigenvalue weighted by molar-refractivity contribution is -0.0779. The molecule has 2 unspecified atom stereocenters. The summed E-state index contributed by atoms with van der Waals surface area (Å²) in [4.78, 5) is 0. The third kappa shape index (κ3) is 2.71. The summed E-state index contributed by atoms with van der Waals surface area (Å²) in [5.74, 6) is 0.991. The molecule has 1 saturated carbocycles. The summed E-state index contributed by atoms with van der Waals surface area (Å²) in [7, 11) is 0. The first kappa shape index (κ1) is 10.4. The molecule has 1 aliphatic carbocycles. The first-order valence-corrected chi connectivity index (χ1v) is 6.09. The van der Waals surface area contributed by atoms with Crippen molar-refractivity contribution in [3.63, 3.8) is 0 Å². The molecule has 1 heterocycles. The van der Waals surface area contributed by atoms with Gasteiger partial charge < -0.3 is 10.1 Å². The van der Waals surface area contributed by atoms with Gasteiger partial charge in [0.2, 0.25) is 0 Å². The molecule has 1 aliphatic heterocycles. The van der Waals surface area contributed by atoms with Gasteiger partial charge in [-0.3, -0.25) is 0 Å². The SMILES string of the molecule is CCC1(C)CC(NCC2CC2)CCO1. The number of hydrogen-bond acceptors (Lipinski definition) is 2. The largest absolute Gasteiger partial charge is 0.375 e. The van der Waals surface area contributed by atoms with E-state index in [1.54, 1.807) is 0 Å². The van der Waals surface area contributed by atoms with Crippen LogP contribution in [0.5, 0.6) is 0 Å². The second kappa shape index (κ2) is 4.19. The number of ether oxygens (including phenoxy) is 1.